The molecular weight excluding hydrogens is 242 g/mol. The van der Waals surface area contributed by atoms with Crippen LogP contribution in [0.5, 0.6) is 0 Å². The molecule has 1 atom stereocenters. The van der Waals surface area contributed by atoms with E-state index in [0.29, 0.717) is 6.04 Å². The number of hydrogen-bond donors (Lipinski definition) is 1. The topological polar surface area (TPSA) is 12.0 Å². The van der Waals surface area contributed by atoms with Crippen molar-refractivity contribution in [3.63, 3.8) is 0 Å². The standard InChI is InChI=1S/C19H33N/c1-7-15-12-16(8-2)19(17(9-3)13-15)18(20-6)11-10-14(4)5/h12-14,18,20H,7-11H2,1-6H3. The maximum Gasteiger partial charge on any atom is 0.0323 e. The third-order valence-corrected chi connectivity index (χ3v) is 4.31. The van der Waals surface area contributed by atoms with Crippen LogP contribution in [0.4, 0.5) is 0 Å². The van der Waals surface area contributed by atoms with Gasteiger partial charge in [0.1, 0.15) is 0 Å². The zero-order valence-electron chi connectivity index (χ0n) is 14.3. The first-order valence-corrected chi connectivity index (χ1v) is 8.39. The zero-order valence-corrected chi connectivity index (χ0v) is 14.3. The zero-order chi connectivity index (χ0) is 15.1. The number of hydrogen-bond acceptors (Lipinski definition) is 1. The largest absolute Gasteiger partial charge is 0.313 e. The van der Waals surface area contributed by atoms with Crippen molar-refractivity contribution in [2.75, 3.05) is 7.05 Å². The minimum Gasteiger partial charge on any atom is -0.313 e. The van der Waals surface area contributed by atoms with Crippen LogP contribution in [0.25, 0.3) is 0 Å². The monoisotopic (exact) mass is 275 g/mol. The Hall–Kier alpha value is -0.820. The second-order valence-electron chi connectivity index (χ2n) is 6.20. The molecule has 1 aromatic rings. The molecule has 114 valence electrons. The summed E-state index contributed by atoms with van der Waals surface area (Å²) in [5.41, 5.74) is 6.16. The highest BCUT2D eigenvalue weighted by Crippen LogP contribution is 2.29. The Morgan fingerprint density at radius 1 is 0.900 bits per heavy atom. The molecule has 0 heterocycles. The fraction of sp³-hybridized carbons (Fsp3) is 0.684. The highest BCUT2D eigenvalue weighted by Gasteiger charge is 2.17. The first-order valence-electron chi connectivity index (χ1n) is 8.39. The molecule has 0 amide bonds. The van der Waals surface area contributed by atoms with E-state index < -0.39 is 0 Å². The number of rotatable bonds is 8. The van der Waals surface area contributed by atoms with Gasteiger partial charge in [-0.3, -0.25) is 0 Å². The third-order valence-electron chi connectivity index (χ3n) is 4.31. The van der Waals surface area contributed by atoms with Crippen LogP contribution < -0.4 is 5.32 Å². The molecule has 0 spiro atoms. The van der Waals surface area contributed by atoms with Crippen LogP contribution >= 0.6 is 0 Å². The van der Waals surface area contributed by atoms with Gasteiger partial charge in [-0.05, 0) is 67.3 Å². The Labute approximate surface area is 126 Å². The van der Waals surface area contributed by atoms with Gasteiger partial charge in [0.05, 0.1) is 0 Å². The van der Waals surface area contributed by atoms with Gasteiger partial charge in [0, 0.05) is 6.04 Å². The molecule has 0 aromatic heterocycles. The summed E-state index contributed by atoms with van der Waals surface area (Å²) >= 11 is 0. The van der Waals surface area contributed by atoms with Crippen LogP contribution in [0.2, 0.25) is 0 Å². The minimum absolute atomic E-state index is 0.508. The molecule has 0 aliphatic heterocycles. The highest BCUT2D eigenvalue weighted by molar-refractivity contribution is 5.41. The molecule has 0 fully saturated rings. The highest BCUT2D eigenvalue weighted by atomic mass is 14.9. The Morgan fingerprint density at radius 2 is 1.45 bits per heavy atom. The van der Waals surface area contributed by atoms with Gasteiger partial charge in [-0.1, -0.05) is 46.8 Å². The Bertz CT molecular complexity index is 381. The Morgan fingerprint density at radius 3 is 1.80 bits per heavy atom. The van der Waals surface area contributed by atoms with E-state index in [4.69, 9.17) is 0 Å². The molecule has 0 aliphatic carbocycles. The first-order chi connectivity index (χ1) is 9.57. The van der Waals surface area contributed by atoms with Crippen LogP contribution in [-0.4, -0.2) is 7.05 Å². The SMILES string of the molecule is CCc1cc(CC)c(C(CCC(C)C)NC)c(CC)c1. The van der Waals surface area contributed by atoms with Crippen molar-refractivity contribution >= 4 is 0 Å². The van der Waals surface area contributed by atoms with Crippen molar-refractivity contribution < 1.29 is 0 Å². The predicted molar refractivity (Wildman–Crippen MR) is 90.4 cm³/mol. The number of aryl methyl sites for hydroxylation is 3. The molecule has 20 heavy (non-hydrogen) atoms. The third kappa shape index (κ3) is 4.34. The van der Waals surface area contributed by atoms with Crippen LogP contribution in [0.15, 0.2) is 12.1 Å². The Kier molecular flexibility index (Phi) is 7.29. The van der Waals surface area contributed by atoms with Gasteiger partial charge >= 0.3 is 0 Å². The van der Waals surface area contributed by atoms with E-state index >= 15 is 0 Å². The van der Waals surface area contributed by atoms with Gasteiger partial charge in [0.2, 0.25) is 0 Å². The summed E-state index contributed by atoms with van der Waals surface area (Å²) in [5, 5.41) is 3.56. The van der Waals surface area contributed by atoms with Crippen molar-refractivity contribution in [2.24, 2.45) is 5.92 Å². The van der Waals surface area contributed by atoms with E-state index in [1.165, 1.54) is 18.4 Å². The normalized spacial score (nSPS) is 12.9. The maximum atomic E-state index is 3.56. The molecule has 0 radical (unpaired) electrons. The summed E-state index contributed by atoms with van der Waals surface area (Å²) < 4.78 is 0. The molecule has 0 aliphatic rings. The quantitative estimate of drug-likeness (QED) is 0.698. The van der Waals surface area contributed by atoms with Gasteiger partial charge in [-0.2, -0.15) is 0 Å². The van der Waals surface area contributed by atoms with Gasteiger partial charge in [0.15, 0.2) is 0 Å². The summed E-state index contributed by atoms with van der Waals surface area (Å²) in [7, 11) is 2.11. The van der Waals surface area contributed by atoms with Crippen molar-refractivity contribution in [3.8, 4) is 0 Å². The van der Waals surface area contributed by atoms with Gasteiger partial charge in [-0.25, -0.2) is 0 Å². The molecule has 1 heteroatoms. The van der Waals surface area contributed by atoms with E-state index in [0.717, 1.165) is 25.2 Å². The van der Waals surface area contributed by atoms with E-state index in [1.54, 1.807) is 16.7 Å². The molecule has 1 rings (SSSR count). The summed E-state index contributed by atoms with van der Waals surface area (Å²) in [6.45, 7) is 11.4. The predicted octanol–water partition coefficient (Wildman–Crippen LogP) is 5.07. The van der Waals surface area contributed by atoms with Crippen molar-refractivity contribution in [1.82, 2.24) is 5.32 Å². The minimum atomic E-state index is 0.508. The Balaban J connectivity index is 3.17. The first kappa shape index (κ1) is 17.2. The van der Waals surface area contributed by atoms with Crippen LogP contribution in [-0.2, 0) is 19.3 Å². The van der Waals surface area contributed by atoms with E-state index in [2.05, 4.69) is 59.1 Å². The van der Waals surface area contributed by atoms with Gasteiger partial charge in [0.25, 0.3) is 0 Å². The summed E-state index contributed by atoms with van der Waals surface area (Å²) in [6.07, 6.45) is 5.93. The van der Waals surface area contributed by atoms with E-state index in [9.17, 15) is 0 Å². The molecule has 1 aromatic carbocycles. The lowest BCUT2D eigenvalue weighted by atomic mass is 9.86. The van der Waals surface area contributed by atoms with E-state index in [1.807, 2.05) is 0 Å². The number of benzene rings is 1. The van der Waals surface area contributed by atoms with Crippen molar-refractivity contribution in [2.45, 2.75) is 72.8 Å². The van der Waals surface area contributed by atoms with Crippen molar-refractivity contribution in [1.29, 1.82) is 0 Å². The molecule has 0 bridgehead atoms. The molecule has 0 saturated carbocycles. The molecule has 1 unspecified atom stereocenters. The fourth-order valence-electron chi connectivity index (χ4n) is 3.02. The van der Waals surface area contributed by atoms with Gasteiger partial charge in [-0.15, -0.1) is 0 Å². The molecular formula is C19H33N. The molecule has 1 nitrogen and oxygen atoms in total. The van der Waals surface area contributed by atoms with Crippen LogP contribution in [0.1, 0.15) is 75.8 Å². The second kappa shape index (κ2) is 8.46. The van der Waals surface area contributed by atoms with Crippen LogP contribution in [0, 0.1) is 5.92 Å². The average Bonchev–Trinajstić information content (AvgIpc) is 2.46. The molecule has 1 N–H and O–H groups in total. The average molecular weight is 275 g/mol. The molecule has 0 saturated heterocycles. The number of nitrogens with one attached hydrogen (secondary N) is 1. The smallest absolute Gasteiger partial charge is 0.0323 e. The lowest BCUT2D eigenvalue weighted by Gasteiger charge is -2.25. The van der Waals surface area contributed by atoms with Crippen LogP contribution in [0.3, 0.4) is 0 Å². The second-order valence-corrected chi connectivity index (χ2v) is 6.20. The maximum absolute atomic E-state index is 3.56. The summed E-state index contributed by atoms with van der Waals surface area (Å²) in [4.78, 5) is 0. The van der Waals surface area contributed by atoms with E-state index in [-0.39, 0.29) is 0 Å². The lowest BCUT2D eigenvalue weighted by molar-refractivity contribution is 0.461. The summed E-state index contributed by atoms with van der Waals surface area (Å²) in [5.74, 6) is 0.774. The van der Waals surface area contributed by atoms with Crippen molar-refractivity contribution in [3.05, 3.63) is 34.4 Å². The lowest BCUT2D eigenvalue weighted by Crippen LogP contribution is -2.20. The fourth-order valence-corrected chi connectivity index (χ4v) is 3.02. The van der Waals surface area contributed by atoms with Gasteiger partial charge < -0.3 is 5.32 Å². The summed E-state index contributed by atoms with van der Waals surface area (Å²) in [6, 6.07) is 5.36.